The number of fused-ring (bicyclic) bond motifs is 6. The third-order valence-electron chi connectivity index (χ3n) is 6.30. The smallest absolute Gasteiger partial charge is 0.148 e. The van der Waals surface area contributed by atoms with Crippen molar-refractivity contribution in [2.75, 3.05) is 0 Å². The molecule has 7 rings (SSSR count). The number of benzene rings is 4. The van der Waals surface area contributed by atoms with Gasteiger partial charge in [0.1, 0.15) is 11.3 Å². The Morgan fingerprint density at radius 1 is 0.406 bits per heavy atom. The summed E-state index contributed by atoms with van der Waals surface area (Å²) >= 11 is 0. The third-order valence-corrected chi connectivity index (χ3v) is 6.30. The van der Waals surface area contributed by atoms with Crippen LogP contribution in [0.3, 0.4) is 0 Å². The quantitative estimate of drug-likeness (QED) is 0.294. The summed E-state index contributed by atoms with van der Waals surface area (Å²) < 4.78 is 4.55. The topological polar surface area (TPSA) is 22.8 Å². The van der Waals surface area contributed by atoms with Crippen LogP contribution in [0.15, 0.2) is 115 Å². The van der Waals surface area contributed by atoms with Crippen LogP contribution < -0.4 is 0 Å². The second-order valence-electron chi connectivity index (χ2n) is 8.11. The molecular formula is C29H19N3. The largest absolute Gasteiger partial charge is 0.294 e. The Labute approximate surface area is 184 Å². The monoisotopic (exact) mass is 409 g/mol. The first kappa shape index (κ1) is 17.3. The van der Waals surface area contributed by atoms with Crippen molar-refractivity contribution in [3.8, 4) is 11.4 Å². The molecule has 0 N–H and O–H groups in total. The lowest BCUT2D eigenvalue weighted by Gasteiger charge is -2.09. The minimum Gasteiger partial charge on any atom is -0.294 e. The fraction of sp³-hybridized carbons (Fsp3) is 0. The molecule has 0 spiro atoms. The van der Waals surface area contributed by atoms with Crippen LogP contribution in [0.4, 0.5) is 0 Å². The van der Waals surface area contributed by atoms with Gasteiger partial charge in [-0.3, -0.25) is 9.13 Å². The van der Waals surface area contributed by atoms with Gasteiger partial charge < -0.3 is 0 Å². The van der Waals surface area contributed by atoms with Gasteiger partial charge in [0.05, 0.1) is 11.0 Å². The van der Waals surface area contributed by atoms with Crippen molar-refractivity contribution in [3.63, 3.8) is 0 Å². The minimum atomic E-state index is 0.977. The number of aromatic nitrogens is 3. The Kier molecular flexibility index (Phi) is 3.55. The molecule has 150 valence electrons. The van der Waals surface area contributed by atoms with E-state index in [1.165, 1.54) is 32.6 Å². The van der Waals surface area contributed by atoms with Crippen LogP contribution in [-0.4, -0.2) is 14.1 Å². The van der Waals surface area contributed by atoms with E-state index in [0.717, 1.165) is 22.7 Å². The van der Waals surface area contributed by atoms with Crippen LogP contribution in [0.2, 0.25) is 0 Å². The van der Waals surface area contributed by atoms with E-state index in [1.807, 2.05) is 0 Å². The lowest BCUT2D eigenvalue weighted by Crippen LogP contribution is -1.98. The Balaban J connectivity index is 1.71. The predicted molar refractivity (Wildman–Crippen MR) is 133 cm³/mol. The zero-order chi connectivity index (χ0) is 21.1. The van der Waals surface area contributed by atoms with Crippen molar-refractivity contribution < 1.29 is 0 Å². The van der Waals surface area contributed by atoms with Gasteiger partial charge in [-0.25, -0.2) is 4.98 Å². The Hall–Kier alpha value is -4.37. The fourth-order valence-corrected chi connectivity index (χ4v) is 4.93. The molecule has 0 amide bonds. The van der Waals surface area contributed by atoms with Crippen LogP contribution in [0, 0.1) is 0 Å². The summed E-state index contributed by atoms with van der Waals surface area (Å²) in [7, 11) is 0. The van der Waals surface area contributed by atoms with Gasteiger partial charge in [0.2, 0.25) is 0 Å². The molecule has 0 fully saturated rings. The predicted octanol–water partition coefficient (Wildman–Crippen LogP) is 7.28. The number of hydrogen-bond donors (Lipinski definition) is 0. The standard InChI is InChI=1S/C29H19N3/c1-3-11-20(12-4-1)31-26-17-9-7-15-22(26)24-19-25-23-16-8-10-18-27(23)32(29(25)30-28(24)31)21-13-5-2-6-14-21/h1-19H. The molecule has 0 aliphatic carbocycles. The fourth-order valence-electron chi connectivity index (χ4n) is 4.93. The molecule has 32 heavy (non-hydrogen) atoms. The highest BCUT2D eigenvalue weighted by Crippen LogP contribution is 2.37. The van der Waals surface area contributed by atoms with Crippen molar-refractivity contribution in [2.24, 2.45) is 0 Å². The molecule has 0 radical (unpaired) electrons. The van der Waals surface area contributed by atoms with Crippen LogP contribution in [-0.2, 0) is 0 Å². The summed E-state index contributed by atoms with van der Waals surface area (Å²) in [5.41, 5.74) is 6.53. The minimum absolute atomic E-state index is 0.977. The van der Waals surface area contributed by atoms with E-state index < -0.39 is 0 Å². The lowest BCUT2D eigenvalue weighted by atomic mass is 10.1. The van der Waals surface area contributed by atoms with Crippen molar-refractivity contribution in [2.45, 2.75) is 0 Å². The van der Waals surface area contributed by atoms with Gasteiger partial charge in [-0.05, 0) is 42.5 Å². The van der Waals surface area contributed by atoms with Gasteiger partial charge in [-0.15, -0.1) is 0 Å². The second-order valence-corrected chi connectivity index (χ2v) is 8.11. The normalized spacial score (nSPS) is 11.8. The summed E-state index contributed by atoms with van der Waals surface area (Å²) in [5, 5.41) is 4.79. The second kappa shape index (κ2) is 6.56. The molecule has 3 heterocycles. The number of rotatable bonds is 2. The number of hydrogen-bond acceptors (Lipinski definition) is 1. The summed E-state index contributed by atoms with van der Waals surface area (Å²) in [6.07, 6.45) is 0. The van der Waals surface area contributed by atoms with Gasteiger partial charge in [-0.1, -0.05) is 72.8 Å². The maximum Gasteiger partial charge on any atom is 0.148 e. The van der Waals surface area contributed by atoms with Crippen LogP contribution in [0.1, 0.15) is 0 Å². The summed E-state index contributed by atoms with van der Waals surface area (Å²) in [4.78, 5) is 5.33. The molecule has 0 aliphatic rings. The van der Waals surface area contributed by atoms with Crippen molar-refractivity contribution in [3.05, 3.63) is 115 Å². The highest BCUT2D eigenvalue weighted by atomic mass is 15.1. The highest BCUT2D eigenvalue weighted by Gasteiger charge is 2.19. The van der Waals surface area contributed by atoms with Crippen LogP contribution in [0.25, 0.3) is 55.2 Å². The van der Waals surface area contributed by atoms with E-state index in [9.17, 15) is 0 Å². The molecule has 3 aromatic heterocycles. The first-order valence-electron chi connectivity index (χ1n) is 10.8. The molecule has 0 saturated carbocycles. The average molecular weight is 409 g/mol. The first-order valence-corrected chi connectivity index (χ1v) is 10.8. The summed E-state index contributed by atoms with van der Waals surface area (Å²) in [6, 6.07) is 40.5. The zero-order valence-corrected chi connectivity index (χ0v) is 17.3. The molecule has 4 aromatic carbocycles. The Morgan fingerprint density at radius 3 is 1.28 bits per heavy atom. The SMILES string of the molecule is c1ccc(-n2c3ccccc3c3cc4c5ccccc5n(-c5ccccc5)c4nc32)cc1. The molecule has 0 saturated heterocycles. The van der Waals surface area contributed by atoms with E-state index in [-0.39, 0.29) is 0 Å². The Bertz CT molecular complexity index is 1630. The third kappa shape index (κ3) is 2.33. The maximum absolute atomic E-state index is 5.33. The van der Waals surface area contributed by atoms with Gasteiger partial charge in [-0.2, -0.15) is 0 Å². The van der Waals surface area contributed by atoms with Crippen molar-refractivity contribution in [1.29, 1.82) is 0 Å². The van der Waals surface area contributed by atoms with Gasteiger partial charge >= 0.3 is 0 Å². The molecule has 0 unspecified atom stereocenters. The zero-order valence-electron chi connectivity index (χ0n) is 17.3. The number of para-hydroxylation sites is 4. The van der Waals surface area contributed by atoms with E-state index in [0.29, 0.717) is 0 Å². The van der Waals surface area contributed by atoms with Gasteiger partial charge in [0.25, 0.3) is 0 Å². The molecular weight excluding hydrogens is 390 g/mol. The van der Waals surface area contributed by atoms with Gasteiger partial charge in [0.15, 0.2) is 0 Å². The summed E-state index contributed by atoms with van der Waals surface area (Å²) in [6.45, 7) is 0. The van der Waals surface area contributed by atoms with E-state index >= 15 is 0 Å². The maximum atomic E-state index is 5.33. The first-order chi connectivity index (χ1) is 15.9. The lowest BCUT2D eigenvalue weighted by molar-refractivity contribution is 1.11. The van der Waals surface area contributed by atoms with Crippen LogP contribution >= 0.6 is 0 Å². The molecule has 3 nitrogen and oxygen atoms in total. The molecule has 0 aliphatic heterocycles. The van der Waals surface area contributed by atoms with Crippen LogP contribution in [0.5, 0.6) is 0 Å². The average Bonchev–Trinajstić information content (AvgIpc) is 3.36. The van der Waals surface area contributed by atoms with Crippen molar-refractivity contribution in [1.82, 2.24) is 14.1 Å². The molecule has 7 aromatic rings. The highest BCUT2D eigenvalue weighted by molar-refractivity contribution is 6.16. The number of nitrogens with zero attached hydrogens (tertiary/aromatic N) is 3. The van der Waals surface area contributed by atoms with E-state index in [4.69, 9.17) is 4.98 Å². The summed E-state index contributed by atoms with van der Waals surface area (Å²) in [5.74, 6) is 0. The molecule has 0 atom stereocenters. The molecule has 3 heteroatoms. The van der Waals surface area contributed by atoms with E-state index in [2.05, 4.69) is 124 Å². The Morgan fingerprint density at radius 2 is 0.812 bits per heavy atom. The van der Waals surface area contributed by atoms with Gasteiger partial charge in [0, 0.05) is 32.9 Å². The van der Waals surface area contributed by atoms with E-state index in [1.54, 1.807) is 0 Å². The van der Waals surface area contributed by atoms with Crippen molar-refractivity contribution >= 4 is 43.9 Å². The number of pyridine rings is 1. The molecule has 0 bridgehead atoms.